The van der Waals surface area contributed by atoms with Crippen molar-refractivity contribution < 1.29 is 14.6 Å². The topological polar surface area (TPSA) is 58.6 Å². The van der Waals surface area contributed by atoms with E-state index in [-0.39, 0.29) is 17.8 Å². The summed E-state index contributed by atoms with van der Waals surface area (Å²) in [5, 5.41) is 12.5. The first-order valence-corrected chi connectivity index (χ1v) is 7.27. The predicted molar refractivity (Wildman–Crippen MR) is 87.2 cm³/mol. The number of anilines is 1. The van der Waals surface area contributed by atoms with Gasteiger partial charge in [-0.1, -0.05) is 18.2 Å². The van der Waals surface area contributed by atoms with Gasteiger partial charge in [0.15, 0.2) is 0 Å². The molecule has 0 aliphatic carbocycles. The number of rotatable bonds is 5. The zero-order valence-electron chi connectivity index (χ0n) is 13.1. The molecule has 0 unspecified atom stereocenters. The summed E-state index contributed by atoms with van der Waals surface area (Å²) in [6.07, 6.45) is 0.174. The lowest BCUT2D eigenvalue weighted by atomic mass is 10.1. The lowest BCUT2D eigenvalue weighted by Gasteiger charge is -2.10. The smallest absolute Gasteiger partial charge is 0.255 e. The highest BCUT2D eigenvalue weighted by Crippen LogP contribution is 2.24. The Morgan fingerprint density at radius 3 is 2.45 bits per heavy atom. The number of hydrogen-bond donors (Lipinski definition) is 2. The van der Waals surface area contributed by atoms with Gasteiger partial charge in [0, 0.05) is 5.56 Å². The monoisotopic (exact) mass is 299 g/mol. The predicted octanol–water partition coefficient (Wildman–Crippen LogP) is 3.88. The largest absolute Gasteiger partial charge is 0.506 e. The molecule has 4 heteroatoms. The Hall–Kier alpha value is -2.33. The minimum Gasteiger partial charge on any atom is -0.506 e. The van der Waals surface area contributed by atoms with Gasteiger partial charge in [0.1, 0.15) is 5.75 Å². The molecule has 0 aliphatic rings. The molecule has 2 N–H and O–H groups in total. The summed E-state index contributed by atoms with van der Waals surface area (Å²) in [5.74, 6) is -0.189. The molecule has 0 saturated heterocycles. The Bertz CT molecular complexity index is 648. The molecule has 0 radical (unpaired) electrons. The molecule has 0 fully saturated rings. The number of carbonyl (C=O) groups is 1. The van der Waals surface area contributed by atoms with E-state index in [9.17, 15) is 9.90 Å². The van der Waals surface area contributed by atoms with Gasteiger partial charge in [-0.15, -0.1) is 0 Å². The highest BCUT2D eigenvalue weighted by molar-refractivity contribution is 6.05. The van der Waals surface area contributed by atoms with Crippen LogP contribution in [-0.4, -0.2) is 17.1 Å². The third kappa shape index (κ3) is 4.33. The van der Waals surface area contributed by atoms with E-state index in [1.54, 1.807) is 24.3 Å². The summed E-state index contributed by atoms with van der Waals surface area (Å²) < 4.78 is 5.52. The molecular formula is C18H21NO3. The van der Waals surface area contributed by atoms with Gasteiger partial charge >= 0.3 is 0 Å². The van der Waals surface area contributed by atoms with Crippen molar-refractivity contribution in [2.75, 3.05) is 5.32 Å². The summed E-state index contributed by atoms with van der Waals surface area (Å²) in [4.78, 5) is 12.2. The second-order valence-corrected chi connectivity index (χ2v) is 5.53. The Kier molecular flexibility index (Phi) is 5.17. The Morgan fingerprint density at radius 1 is 1.18 bits per heavy atom. The van der Waals surface area contributed by atoms with E-state index >= 15 is 0 Å². The first-order chi connectivity index (χ1) is 10.5. The molecule has 0 aliphatic heterocycles. The van der Waals surface area contributed by atoms with Crippen LogP contribution in [0.4, 0.5) is 5.69 Å². The average Bonchev–Trinajstić information content (AvgIpc) is 2.48. The molecular weight excluding hydrogens is 278 g/mol. The van der Waals surface area contributed by atoms with Gasteiger partial charge < -0.3 is 15.2 Å². The maximum atomic E-state index is 12.2. The van der Waals surface area contributed by atoms with Crippen molar-refractivity contribution in [1.82, 2.24) is 0 Å². The standard InChI is InChI=1S/C18H21NO3/c1-12(2)22-11-14-5-7-15(8-6-14)18(21)19-16-9-4-13(3)10-17(16)20/h4-10,12,20H,11H2,1-3H3,(H,19,21). The van der Waals surface area contributed by atoms with E-state index in [4.69, 9.17) is 4.74 Å². The molecule has 0 heterocycles. The number of aromatic hydroxyl groups is 1. The van der Waals surface area contributed by atoms with Gasteiger partial charge in [-0.3, -0.25) is 4.79 Å². The van der Waals surface area contributed by atoms with E-state index in [1.165, 1.54) is 0 Å². The van der Waals surface area contributed by atoms with Gasteiger partial charge in [-0.2, -0.15) is 0 Å². The van der Waals surface area contributed by atoms with Crippen molar-refractivity contribution in [2.45, 2.75) is 33.5 Å². The molecule has 0 saturated carbocycles. The van der Waals surface area contributed by atoms with E-state index in [2.05, 4.69) is 5.32 Å². The van der Waals surface area contributed by atoms with Gasteiger partial charge in [0.2, 0.25) is 0 Å². The van der Waals surface area contributed by atoms with Crippen LogP contribution < -0.4 is 5.32 Å². The van der Waals surface area contributed by atoms with E-state index in [1.807, 2.05) is 39.0 Å². The quantitative estimate of drug-likeness (QED) is 0.824. The molecule has 22 heavy (non-hydrogen) atoms. The van der Waals surface area contributed by atoms with Gasteiger partial charge in [0.25, 0.3) is 5.91 Å². The number of hydrogen-bond acceptors (Lipinski definition) is 3. The van der Waals surface area contributed by atoms with Crippen LogP contribution in [0.1, 0.15) is 35.3 Å². The van der Waals surface area contributed by atoms with Crippen LogP contribution in [0.25, 0.3) is 0 Å². The Labute approximate surface area is 130 Å². The first-order valence-electron chi connectivity index (χ1n) is 7.27. The molecule has 4 nitrogen and oxygen atoms in total. The molecule has 2 rings (SSSR count). The van der Waals surface area contributed by atoms with Crippen molar-refractivity contribution >= 4 is 11.6 Å². The second-order valence-electron chi connectivity index (χ2n) is 5.53. The van der Waals surface area contributed by atoms with Crippen molar-refractivity contribution in [3.63, 3.8) is 0 Å². The first kappa shape index (κ1) is 16.0. The van der Waals surface area contributed by atoms with Crippen LogP contribution in [0, 0.1) is 6.92 Å². The number of ether oxygens (including phenoxy) is 1. The van der Waals surface area contributed by atoms with Crippen LogP contribution in [0.5, 0.6) is 5.75 Å². The number of nitrogens with one attached hydrogen (secondary N) is 1. The molecule has 0 bridgehead atoms. The van der Waals surface area contributed by atoms with E-state index < -0.39 is 0 Å². The number of phenolic OH excluding ortho intramolecular Hbond substituents is 1. The van der Waals surface area contributed by atoms with Crippen LogP contribution in [0.2, 0.25) is 0 Å². The number of aryl methyl sites for hydroxylation is 1. The van der Waals surface area contributed by atoms with Crippen molar-refractivity contribution in [1.29, 1.82) is 0 Å². The molecule has 0 aromatic heterocycles. The minimum atomic E-state index is -0.254. The van der Waals surface area contributed by atoms with Gasteiger partial charge in [0.05, 0.1) is 18.4 Å². The Balaban J connectivity index is 2.03. The van der Waals surface area contributed by atoms with Crippen molar-refractivity contribution in [2.24, 2.45) is 0 Å². The number of carbonyl (C=O) groups excluding carboxylic acids is 1. The highest BCUT2D eigenvalue weighted by atomic mass is 16.5. The van der Waals surface area contributed by atoms with Crippen molar-refractivity contribution in [3.8, 4) is 5.75 Å². The third-order valence-electron chi connectivity index (χ3n) is 3.20. The maximum absolute atomic E-state index is 12.2. The summed E-state index contributed by atoms with van der Waals surface area (Å²) in [7, 11) is 0. The normalized spacial score (nSPS) is 10.7. The molecule has 1 amide bonds. The maximum Gasteiger partial charge on any atom is 0.255 e. The van der Waals surface area contributed by atoms with Crippen molar-refractivity contribution in [3.05, 3.63) is 59.2 Å². The zero-order chi connectivity index (χ0) is 16.1. The highest BCUT2D eigenvalue weighted by Gasteiger charge is 2.09. The van der Waals surface area contributed by atoms with Crippen LogP contribution in [-0.2, 0) is 11.3 Å². The average molecular weight is 299 g/mol. The summed E-state index contributed by atoms with van der Waals surface area (Å²) in [6.45, 7) is 6.37. The third-order valence-corrected chi connectivity index (χ3v) is 3.20. The fourth-order valence-electron chi connectivity index (χ4n) is 1.96. The Morgan fingerprint density at radius 2 is 1.86 bits per heavy atom. The second kappa shape index (κ2) is 7.09. The van der Waals surface area contributed by atoms with Gasteiger partial charge in [-0.25, -0.2) is 0 Å². The SMILES string of the molecule is Cc1ccc(NC(=O)c2ccc(COC(C)C)cc2)c(O)c1. The fourth-order valence-corrected chi connectivity index (χ4v) is 1.96. The summed E-state index contributed by atoms with van der Waals surface area (Å²) in [5.41, 5.74) is 2.89. The number of benzene rings is 2. The summed E-state index contributed by atoms with van der Waals surface area (Å²) in [6, 6.07) is 12.4. The summed E-state index contributed by atoms with van der Waals surface area (Å²) >= 11 is 0. The molecule has 2 aromatic rings. The van der Waals surface area contributed by atoms with E-state index in [0.29, 0.717) is 17.9 Å². The van der Waals surface area contributed by atoms with E-state index in [0.717, 1.165) is 11.1 Å². The lowest BCUT2D eigenvalue weighted by molar-refractivity contribution is 0.0657. The molecule has 116 valence electrons. The minimum absolute atomic E-state index is 0.0651. The molecule has 0 atom stereocenters. The molecule has 2 aromatic carbocycles. The van der Waals surface area contributed by atoms with Crippen LogP contribution >= 0.6 is 0 Å². The van der Waals surface area contributed by atoms with Gasteiger partial charge in [-0.05, 0) is 56.2 Å². The number of amides is 1. The fraction of sp³-hybridized carbons (Fsp3) is 0.278. The van der Waals surface area contributed by atoms with Crippen LogP contribution in [0.3, 0.4) is 0 Å². The van der Waals surface area contributed by atoms with Crippen LogP contribution in [0.15, 0.2) is 42.5 Å². The molecule has 0 spiro atoms. The zero-order valence-corrected chi connectivity index (χ0v) is 13.1. The lowest BCUT2D eigenvalue weighted by Crippen LogP contribution is -2.12. The number of phenols is 1.